The maximum Gasteiger partial charge on any atom is 0.251 e. The van der Waals surface area contributed by atoms with Gasteiger partial charge in [-0.05, 0) is 48.0 Å². The quantitative estimate of drug-likeness (QED) is 0.829. The van der Waals surface area contributed by atoms with E-state index in [1.165, 1.54) is 18.2 Å². The minimum absolute atomic E-state index is 0.217. The van der Waals surface area contributed by atoms with Gasteiger partial charge in [0, 0.05) is 16.4 Å². The van der Waals surface area contributed by atoms with Crippen molar-refractivity contribution in [3.05, 3.63) is 34.1 Å². The van der Waals surface area contributed by atoms with Crippen LogP contribution in [-0.2, 0) is 0 Å². The Kier molecular flexibility index (Phi) is 4.50. The Morgan fingerprint density at radius 3 is 2.62 bits per heavy atom. The number of carbonyl (C=O) groups is 1. The molecule has 0 atom stereocenters. The molecule has 16 heavy (non-hydrogen) atoms. The molecule has 0 aliphatic heterocycles. The van der Waals surface area contributed by atoms with E-state index in [4.69, 9.17) is 0 Å². The Labute approximate surface area is 111 Å². The van der Waals surface area contributed by atoms with Crippen molar-refractivity contribution in [3.63, 3.8) is 0 Å². The predicted molar refractivity (Wildman–Crippen MR) is 69.4 cm³/mol. The molecule has 0 aliphatic rings. The van der Waals surface area contributed by atoms with E-state index in [-0.39, 0.29) is 21.7 Å². The second-order valence-electron chi connectivity index (χ2n) is 4.10. The molecule has 2 nitrogen and oxygen atoms in total. The number of benzene rings is 1. The zero-order valence-electron chi connectivity index (χ0n) is 8.98. The molecule has 0 saturated heterocycles. The summed E-state index contributed by atoms with van der Waals surface area (Å²) < 4.78 is 13.3. The van der Waals surface area contributed by atoms with Gasteiger partial charge in [-0.15, -0.1) is 0 Å². The molecular formula is C11H12Br2FNO. The standard InChI is InChI=1S/C11H12Br2FNO/c1-11(2,6-12)15-10(16)7-3-4-9(14)8(13)5-7/h3-5H,6H2,1-2H3,(H,15,16). The highest BCUT2D eigenvalue weighted by Crippen LogP contribution is 2.17. The van der Waals surface area contributed by atoms with Crippen LogP contribution in [-0.4, -0.2) is 16.8 Å². The molecule has 1 aromatic carbocycles. The van der Waals surface area contributed by atoms with E-state index in [2.05, 4.69) is 37.2 Å². The summed E-state index contributed by atoms with van der Waals surface area (Å²) in [5.41, 5.74) is 0.0973. The van der Waals surface area contributed by atoms with Crippen molar-refractivity contribution in [2.24, 2.45) is 0 Å². The second-order valence-corrected chi connectivity index (χ2v) is 5.52. The minimum atomic E-state index is -0.378. The lowest BCUT2D eigenvalue weighted by atomic mass is 10.1. The maximum absolute atomic E-state index is 13.0. The summed E-state index contributed by atoms with van der Waals surface area (Å²) >= 11 is 6.36. The summed E-state index contributed by atoms with van der Waals surface area (Å²) in [7, 11) is 0. The summed E-state index contributed by atoms with van der Waals surface area (Å²) in [6.45, 7) is 3.80. The van der Waals surface area contributed by atoms with Crippen molar-refractivity contribution < 1.29 is 9.18 Å². The van der Waals surface area contributed by atoms with E-state index in [0.29, 0.717) is 10.9 Å². The molecule has 0 aromatic heterocycles. The highest BCUT2D eigenvalue weighted by Gasteiger charge is 2.19. The second kappa shape index (κ2) is 5.27. The van der Waals surface area contributed by atoms with Crippen molar-refractivity contribution in [3.8, 4) is 0 Å². The zero-order chi connectivity index (χ0) is 12.3. The number of carbonyl (C=O) groups excluding carboxylic acids is 1. The number of hydrogen-bond acceptors (Lipinski definition) is 1. The molecule has 0 unspecified atom stereocenters. The Hall–Kier alpha value is -0.420. The van der Waals surface area contributed by atoms with Gasteiger partial charge < -0.3 is 5.32 Å². The number of nitrogens with one attached hydrogen (secondary N) is 1. The predicted octanol–water partition coefficient (Wildman–Crippen LogP) is 3.49. The van der Waals surface area contributed by atoms with Crippen LogP contribution < -0.4 is 5.32 Å². The van der Waals surface area contributed by atoms with E-state index in [1.807, 2.05) is 13.8 Å². The molecule has 0 fully saturated rings. The SMILES string of the molecule is CC(C)(CBr)NC(=O)c1ccc(F)c(Br)c1. The minimum Gasteiger partial charge on any atom is -0.346 e. The van der Waals surface area contributed by atoms with Gasteiger partial charge >= 0.3 is 0 Å². The largest absolute Gasteiger partial charge is 0.346 e. The van der Waals surface area contributed by atoms with E-state index >= 15 is 0 Å². The summed E-state index contributed by atoms with van der Waals surface area (Å²) in [5.74, 6) is -0.596. The molecule has 0 heterocycles. The van der Waals surface area contributed by atoms with Crippen LogP contribution in [0.15, 0.2) is 22.7 Å². The summed E-state index contributed by atoms with van der Waals surface area (Å²) in [6, 6.07) is 4.19. The average Bonchev–Trinajstić information content (AvgIpc) is 2.21. The van der Waals surface area contributed by atoms with Gasteiger partial charge in [-0.25, -0.2) is 4.39 Å². The van der Waals surface area contributed by atoms with Crippen molar-refractivity contribution >= 4 is 37.8 Å². The maximum atomic E-state index is 13.0. The molecule has 1 N–H and O–H groups in total. The fraction of sp³-hybridized carbons (Fsp3) is 0.364. The molecule has 0 bridgehead atoms. The van der Waals surface area contributed by atoms with Crippen LogP contribution >= 0.6 is 31.9 Å². The molecular weight excluding hydrogens is 341 g/mol. The Bertz CT molecular complexity index is 407. The van der Waals surface area contributed by atoms with Gasteiger partial charge in [-0.1, -0.05) is 15.9 Å². The highest BCUT2D eigenvalue weighted by atomic mass is 79.9. The van der Waals surface area contributed by atoms with Crippen molar-refractivity contribution in [1.29, 1.82) is 0 Å². The van der Waals surface area contributed by atoms with Crippen LogP contribution in [0.25, 0.3) is 0 Å². The van der Waals surface area contributed by atoms with Crippen LogP contribution in [0.5, 0.6) is 0 Å². The van der Waals surface area contributed by atoms with Gasteiger partial charge in [0.05, 0.1) is 4.47 Å². The van der Waals surface area contributed by atoms with E-state index in [1.54, 1.807) is 0 Å². The van der Waals surface area contributed by atoms with Gasteiger partial charge in [0.15, 0.2) is 0 Å². The van der Waals surface area contributed by atoms with E-state index in [0.717, 1.165) is 0 Å². The molecule has 0 aliphatic carbocycles. The number of hydrogen-bond donors (Lipinski definition) is 1. The molecule has 1 amide bonds. The zero-order valence-corrected chi connectivity index (χ0v) is 12.2. The van der Waals surface area contributed by atoms with Gasteiger partial charge in [0.1, 0.15) is 5.82 Å². The number of amides is 1. The topological polar surface area (TPSA) is 29.1 Å². The van der Waals surface area contributed by atoms with Crippen molar-refractivity contribution in [2.45, 2.75) is 19.4 Å². The molecule has 0 radical (unpaired) electrons. The van der Waals surface area contributed by atoms with Gasteiger partial charge in [-0.2, -0.15) is 0 Å². The van der Waals surface area contributed by atoms with Crippen LogP contribution in [0.2, 0.25) is 0 Å². The number of rotatable bonds is 3. The van der Waals surface area contributed by atoms with Crippen molar-refractivity contribution in [2.75, 3.05) is 5.33 Å². The summed E-state index contributed by atoms with van der Waals surface area (Å²) in [5, 5.41) is 3.49. The smallest absolute Gasteiger partial charge is 0.251 e. The molecule has 0 spiro atoms. The monoisotopic (exact) mass is 351 g/mol. The molecule has 88 valence electrons. The average molecular weight is 353 g/mol. The van der Waals surface area contributed by atoms with Gasteiger partial charge in [-0.3, -0.25) is 4.79 Å². The summed E-state index contributed by atoms with van der Waals surface area (Å²) in [6.07, 6.45) is 0. The van der Waals surface area contributed by atoms with Crippen LogP contribution in [0, 0.1) is 5.82 Å². The third kappa shape index (κ3) is 3.56. The van der Waals surface area contributed by atoms with Crippen LogP contribution in [0.1, 0.15) is 24.2 Å². The van der Waals surface area contributed by atoms with Gasteiger partial charge in [0.25, 0.3) is 5.91 Å². The molecule has 5 heteroatoms. The van der Waals surface area contributed by atoms with E-state index < -0.39 is 0 Å². The Balaban J connectivity index is 2.85. The van der Waals surface area contributed by atoms with Gasteiger partial charge in [0.2, 0.25) is 0 Å². The van der Waals surface area contributed by atoms with Crippen molar-refractivity contribution in [1.82, 2.24) is 5.32 Å². The molecule has 0 saturated carbocycles. The molecule has 1 aromatic rings. The lowest BCUT2D eigenvalue weighted by Gasteiger charge is -2.23. The third-order valence-electron chi connectivity index (χ3n) is 1.97. The van der Waals surface area contributed by atoms with Crippen LogP contribution in [0.4, 0.5) is 4.39 Å². The normalized spacial score (nSPS) is 11.3. The number of halogens is 3. The first-order chi connectivity index (χ1) is 7.35. The lowest BCUT2D eigenvalue weighted by Crippen LogP contribution is -2.44. The van der Waals surface area contributed by atoms with E-state index in [9.17, 15) is 9.18 Å². The molecule has 1 rings (SSSR count). The Morgan fingerprint density at radius 2 is 2.12 bits per heavy atom. The Morgan fingerprint density at radius 1 is 1.50 bits per heavy atom. The third-order valence-corrected chi connectivity index (χ3v) is 3.98. The fourth-order valence-electron chi connectivity index (χ4n) is 1.05. The van der Waals surface area contributed by atoms with Crippen LogP contribution in [0.3, 0.4) is 0 Å². The fourth-order valence-corrected chi connectivity index (χ4v) is 1.57. The first kappa shape index (κ1) is 13.6. The first-order valence-electron chi connectivity index (χ1n) is 4.69. The number of alkyl halides is 1. The first-order valence-corrected chi connectivity index (χ1v) is 6.61. The summed E-state index contributed by atoms with van der Waals surface area (Å²) in [4.78, 5) is 11.8. The highest BCUT2D eigenvalue weighted by molar-refractivity contribution is 9.10. The lowest BCUT2D eigenvalue weighted by molar-refractivity contribution is 0.0921.